The van der Waals surface area contributed by atoms with Crippen LogP contribution >= 0.6 is 0 Å². The van der Waals surface area contributed by atoms with E-state index in [-0.39, 0.29) is 5.91 Å². The molecule has 0 fully saturated rings. The molecule has 1 amide bonds. The molecule has 1 aromatic rings. The first-order valence-corrected chi connectivity index (χ1v) is 6.64. The molecular weight excluding hydrogens is 242 g/mol. The normalized spacial score (nSPS) is 10.7. The summed E-state index contributed by atoms with van der Waals surface area (Å²) >= 11 is 0. The van der Waals surface area contributed by atoms with Crippen LogP contribution in [0.5, 0.6) is 0 Å². The molecule has 0 unspecified atom stereocenters. The van der Waals surface area contributed by atoms with Crippen molar-refractivity contribution in [2.75, 3.05) is 19.8 Å². The standard InChI is InChI=1S/C14H23N3O2/c1-11(2)10-19-7-3-5-17-14(18)12-4-6-16-13(8-12)9-15/h4,6,8,11H,3,5,7,9-10,15H2,1-2H3,(H,17,18). The molecule has 0 saturated heterocycles. The highest BCUT2D eigenvalue weighted by Gasteiger charge is 2.05. The van der Waals surface area contributed by atoms with Crippen LogP contribution in [-0.2, 0) is 11.3 Å². The molecule has 106 valence electrons. The largest absolute Gasteiger partial charge is 0.381 e. The van der Waals surface area contributed by atoms with Gasteiger partial charge in [-0.1, -0.05) is 13.8 Å². The zero-order chi connectivity index (χ0) is 14.1. The van der Waals surface area contributed by atoms with Crippen molar-refractivity contribution in [3.8, 4) is 0 Å². The minimum absolute atomic E-state index is 0.0963. The maximum atomic E-state index is 11.8. The maximum Gasteiger partial charge on any atom is 0.251 e. The third kappa shape index (κ3) is 6.31. The summed E-state index contributed by atoms with van der Waals surface area (Å²) in [5.74, 6) is 0.446. The topological polar surface area (TPSA) is 77.2 Å². The van der Waals surface area contributed by atoms with Crippen molar-refractivity contribution < 1.29 is 9.53 Å². The molecule has 1 aromatic heterocycles. The van der Waals surface area contributed by atoms with E-state index in [0.717, 1.165) is 13.0 Å². The molecule has 1 rings (SSSR count). The number of nitrogens with two attached hydrogens (primary N) is 1. The van der Waals surface area contributed by atoms with Gasteiger partial charge in [0.1, 0.15) is 0 Å². The quantitative estimate of drug-likeness (QED) is 0.695. The van der Waals surface area contributed by atoms with Crippen LogP contribution in [0.2, 0.25) is 0 Å². The number of hydrogen-bond donors (Lipinski definition) is 2. The zero-order valence-electron chi connectivity index (χ0n) is 11.7. The van der Waals surface area contributed by atoms with Crippen LogP contribution in [0.4, 0.5) is 0 Å². The molecular formula is C14H23N3O2. The van der Waals surface area contributed by atoms with E-state index in [4.69, 9.17) is 10.5 Å². The Hall–Kier alpha value is -1.46. The second-order valence-corrected chi connectivity index (χ2v) is 4.82. The van der Waals surface area contributed by atoms with Crippen LogP contribution in [0.25, 0.3) is 0 Å². The third-order valence-corrected chi connectivity index (χ3v) is 2.49. The summed E-state index contributed by atoms with van der Waals surface area (Å²) in [6.45, 7) is 6.60. The van der Waals surface area contributed by atoms with Crippen LogP contribution in [0.1, 0.15) is 36.3 Å². The van der Waals surface area contributed by atoms with E-state index in [1.54, 1.807) is 18.3 Å². The van der Waals surface area contributed by atoms with Crippen molar-refractivity contribution >= 4 is 5.91 Å². The van der Waals surface area contributed by atoms with E-state index < -0.39 is 0 Å². The van der Waals surface area contributed by atoms with Crippen molar-refractivity contribution in [3.63, 3.8) is 0 Å². The molecule has 19 heavy (non-hydrogen) atoms. The number of hydrogen-bond acceptors (Lipinski definition) is 4. The molecule has 0 atom stereocenters. The van der Waals surface area contributed by atoms with Crippen molar-refractivity contribution in [2.24, 2.45) is 11.7 Å². The Labute approximate surface area is 114 Å². The lowest BCUT2D eigenvalue weighted by Crippen LogP contribution is -2.25. The van der Waals surface area contributed by atoms with E-state index in [1.165, 1.54) is 0 Å². The first-order valence-electron chi connectivity index (χ1n) is 6.64. The van der Waals surface area contributed by atoms with Gasteiger partial charge in [-0.15, -0.1) is 0 Å². The van der Waals surface area contributed by atoms with Crippen LogP contribution in [0.3, 0.4) is 0 Å². The van der Waals surface area contributed by atoms with E-state index in [2.05, 4.69) is 24.1 Å². The van der Waals surface area contributed by atoms with E-state index in [0.29, 0.717) is 36.9 Å². The number of nitrogens with zero attached hydrogens (tertiary/aromatic N) is 1. The fourth-order valence-corrected chi connectivity index (χ4v) is 1.53. The van der Waals surface area contributed by atoms with Gasteiger partial charge in [0.05, 0.1) is 5.69 Å². The average molecular weight is 265 g/mol. The van der Waals surface area contributed by atoms with Crippen molar-refractivity contribution in [1.82, 2.24) is 10.3 Å². The Balaban J connectivity index is 2.23. The number of amides is 1. The molecule has 5 heteroatoms. The van der Waals surface area contributed by atoms with E-state index >= 15 is 0 Å². The Morgan fingerprint density at radius 1 is 1.53 bits per heavy atom. The number of carbonyl (C=O) groups is 1. The Bertz CT molecular complexity index is 394. The predicted molar refractivity (Wildman–Crippen MR) is 74.7 cm³/mol. The number of rotatable bonds is 8. The molecule has 0 aliphatic rings. The number of ether oxygens (including phenoxy) is 1. The van der Waals surface area contributed by atoms with Gasteiger partial charge in [-0.05, 0) is 24.5 Å². The van der Waals surface area contributed by atoms with E-state index in [9.17, 15) is 4.79 Å². The molecule has 0 aliphatic heterocycles. The molecule has 0 spiro atoms. The second kappa shape index (κ2) is 8.61. The maximum absolute atomic E-state index is 11.8. The summed E-state index contributed by atoms with van der Waals surface area (Å²) in [5.41, 5.74) is 6.80. The Morgan fingerprint density at radius 2 is 2.32 bits per heavy atom. The summed E-state index contributed by atoms with van der Waals surface area (Å²) in [6, 6.07) is 3.40. The number of pyridine rings is 1. The fourth-order valence-electron chi connectivity index (χ4n) is 1.53. The first-order chi connectivity index (χ1) is 9.13. The Morgan fingerprint density at radius 3 is 3.00 bits per heavy atom. The van der Waals surface area contributed by atoms with Crippen LogP contribution in [0, 0.1) is 5.92 Å². The van der Waals surface area contributed by atoms with Gasteiger partial charge in [-0.2, -0.15) is 0 Å². The van der Waals surface area contributed by atoms with Gasteiger partial charge in [-0.25, -0.2) is 0 Å². The smallest absolute Gasteiger partial charge is 0.251 e. The molecule has 5 nitrogen and oxygen atoms in total. The lowest BCUT2D eigenvalue weighted by atomic mass is 10.2. The minimum atomic E-state index is -0.0963. The number of nitrogens with one attached hydrogen (secondary N) is 1. The van der Waals surface area contributed by atoms with Crippen molar-refractivity contribution in [2.45, 2.75) is 26.8 Å². The van der Waals surface area contributed by atoms with Crippen molar-refractivity contribution in [3.05, 3.63) is 29.6 Å². The van der Waals surface area contributed by atoms with Gasteiger partial charge in [-0.3, -0.25) is 9.78 Å². The van der Waals surface area contributed by atoms with Gasteiger partial charge in [0.2, 0.25) is 0 Å². The van der Waals surface area contributed by atoms with Crippen LogP contribution in [0.15, 0.2) is 18.3 Å². The summed E-state index contributed by atoms with van der Waals surface area (Å²) in [6.07, 6.45) is 2.41. The molecule has 0 bridgehead atoms. The number of carbonyl (C=O) groups excluding carboxylic acids is 1. The second-order valence-electron chi connectivity index (χ2n) is 4.82. The lowest BCUT2D eigenvalue weighted by Gasteiger charge is -2.08. The van der Waals surface area contributed by atoms with Crippen molar-refractivity contribution in [1.29, 1.82) is 0 Å². The van der Waals surface area contributed by atoms with E-state index in [1.807, 2.05) is 0 Å². The van der Waals surface area contributed by atoms with Gasteiger partial charge in [0.25, 0.3) is 5.91 Å². The minimum Gasteiger partial charge on any atom is -0.381 e. The van der Waals surface area contributed by atoms with Gasteiger partial charge >= 0.3 is 0 Å². The zero-order valence-corrected chi connectivity index (χ0v) is 11.7. The predicted octanol–water partition coefficient (Wildman–Crippen LogP) is 1.33. The van der Waals surface area contributed by atoms with Crippen LogP contribution < -0.4 is 11.1 Å². The summed E-state index contributed by atoms with van der Waals surface area (Å²) in [5, 5.41) is 2.85. The number of aromatic nitrogens is 1. The monoisotopic (exact) mass is 265 g/mol. The highest BCUT2D eigenvalue weighted by Crippen LogP contribution is 2.01. The SMILES string of the molecule is CC(C)COCCCNC(=O)c1ccnc(CN)c1. The summed E-state index contributed by atoms with van der Waals surface area (Å²) < 4.78 is 5.44. The first kappa shape index (κ1) is 15.6. The average Bonchev–Trinajstić information content (AvgIpc) is 2.42. The van der Waals surface area contributed by atoms with Gasteiger partial charge in [0, 0.05) is 38.1 Å². The Kier molecular flexibility index (Phi) is 7.07. The van der Waals surface area contributed by atoms with Gasteiger partial charge < -0.3 is 15.8 Å². The molecule has 0 saturated carbocycles. The summed E-state index contributed by atoms with van der Waals surface area (Å²) in [4.78, 5) is 15.9. The highest BCUT2D eigenvalue weighted by molar-refractivity contribution is 5.94. The molecule has 0 aromatic carbocycles. The van der Waals surface area contributed by atoms with Crippen LogP contribution in [-0.4, -0.2) is 30.6 Å². The fraction of sp³-hybridized carbons (Fsp3) is 0.571. The molecule has 0 radical (unpaired) electrons. The van der Waals surface area contributed by atoms with Gasteiger partial charge in [0.15, 0.2) is 0 Å². The molecule has 3 N–H and O–H groups in total. The highest BCUT2D eigenvalue weighted by atomic mass is 16.5. The third-order valence-electron chi connectivity index (χ3n) is 2.49. The lowest BCUT2D eigenvalue weighted by molar-refractivity contribution is 0.0925. The summed E-state index contributed by atoms with van der Waals surface area (Å²) in [7, 11) is 0. The molecule has 0 aliphatic carbocycles. The molecule has 1 heterocycles.